The molecule has 0 radical (unpaired) electrons. The average molecular weight is 415 g/mol. The molecule has 3 aromatic rings. The first-order valence-electron chi connectivity index (χ1n) is 8.50. The van der Waals surface area contributed by atoms with Gasteiger partial charge in [0.2, 0.25) is 17.8 Å². The summed E-state index contributed by atoms with van der Waals surface area (Å²) in [5.74, 6) is 1.10. The van der Waals surface area contributed by atoms with Crippen LogP contribution in [0.5, 0.6) is 0 Å². The van der Waals surface area contributed by atoms with Crippen molar-refractivity contribution in [3.05, 3.63) is 65.4 Å². The van der Waals surface area contributed by atoms with Gasteiger partial charge in [0.15, 0.2) is 0 Å². The van der Waals surface area contributed by atoms with Gasteiger partial charge in [0.25, 0.3) is 0 Å². The van der Waals surface area contributed by atoms with E-state index in [1.807, 2.05) is 37.3 Å². The summed E-state index contributed by atoms with van der Waals surface area (Å²) in [6.45, 7) is 1.92. The number of thioether (sulfide) groups is 1. The fourth-order valence-electron chi connectivity index (χ4n) is 2.34. The molecule has 1 amide bonds. The molecule has 0 saturated heterocycles. The van der Waals surface area contributed by atoms with Crippen LogP contribution in [0.2, 0.25) is 5.02 Å². The lowest BCUT2D eigenvalue weighted by atomic mass is 10.3. The van der Waals surface area contributed by atoms with Gasteiger partial charge < -0.3 is 16.4 Å². The lowest BCUT2D eigenvalue weighted by Crippen LogP contribution is -2.15. The minimum absolute atomic E-state index is 0.124. The molecule has 0 aliphatic heterocycles. The molecule has 0 fully saturated rings. The zero-order valence-electron chi connectivity index (χ0n) is 15.1. The number of nitrogens with one attached hydrogen (secondary N) is 2. The van der Waals surface area contributed by atoms with Gasteiger partial charge in [-0.25, -0.2) is 0 Å². The lowest BCUT2D eigenvalue weighted by Gasteiger charge is -2.12. The number of nitrogen functional groups attached to an aromatic ring is 1. The number of halogens is 1. The van der Waals surface area contributed by atoms with Gasteiger partial charge in [-0.3, -0.25) is 4.79 Å². The topological polar surface area (TPSA) is 106 Å². The van der Waals surface area contributed by atoms with E-state index >= 15 is 0 Å². The molecule has 0 spiro atoms. The van der Waals surface area contributed by atoms with E-state index < -0.39 is 0 Å². The van der Waals surface area contributed by atoms with Crippen molar-refractivity contribution in [2.75, 3.05) is 22.1 Å². The summed E-state index contributed by atoms with van der Waals surface area (Å²) in [5, 5.41) is 6.33. The Bertz CT molecular complexity index is 956. The first kappa shape index (κ1) is 19.9. The van der Waals surface area contributed by atoms with Crippen LogP contribution in [0.15, 0.2) is 54.6 Å². The highest BCUT2D eigenvalue weighted by atomic mass is 35.5. The van der Waals surface area contributed by atoms with E-state index in [2.05, 4.69) is 25.6 Å². The van der Waals surface area contributed by atoms with E-state index in [9.17, 15) is 4.79 Å². The molecule has 1 unspecified atom stereocenters. The Hall–Kier alpha value is -2.84. The minimum atomic E-state index is -0.147. The van der Waals surface area contributed by atoms with Crippen LogP contribution in [0, 0.1) is 0 Å². The molecule has 9 heteroatoms. The van der Waals surface area contributed by atoms with E-state index in [0.717, 1.165) is 5.69 Å². The smallest absolute Gasteiger partial charge is 0.234 e. The van der Waals surface area contributed by atoms with Gasteiger partial charge in [0, 0.05) is 16.4 Å². The van der Waals surface area contributed by atoms with Gasteiger partial charge in [-0.1, -0.05) is 35.9 Å². The van der Waals surface area contributed by atoms with Crippen LogP contribution in [-0.2, 0) is 4.79 Å². The lowest BCUT2D eigenvalue weighted by molar-refractivity contribution is -0.113. The maximum atomic E-state index is 12.2. The molecule has 1 heterocycles. The van der Waals surface area contributed by atoms with Gasteiger partial charge >= 0.3 is 0 Å². The highest BCUT2D eigenvalue weighted by Gasteiger charge is 2.15. The van der Waals surface area contributed by atoms with Gasteiger partial charge in [-0.15, -0.1) is 11.8 Å². The Kier molecular flexibility index (Phi) is 6.67. The number of benzene rings is 2. The molecule has 3 rings (SSSR count). The van der Waals surface area contributed by atoms with Crippen molar-refractivity contribution in [3.63, 3.8) is 0 Å². The normalized spacial score (nSPS) is 11.6. The Balaban J connectivity index is 1.60. The number of nitrogens with two attached hydrogens (primary N) is 1. The van der Waals surface area contributed by atoms with Crippen LogP contribution >= 0.6 is 23.4 Å². The molecule has 7 nitrogen and oxygen atoms in total. The molecule has 28 heavy (non-hydrogen) atoms. The molecule has 0 aliphatic rings. The van der Waals surface area contributed by atoms with Crippen LogP contribution in [0.4, 0.5) is 23.3 Å². The SMILES string of the molecule is CC(SCC(=O)Nc1cccc(Cl)c1)c1nc(N)nc(Nc2ccccc2)n1. The average Bonchev–Trinajstić information content (AvgIpc) is 2.66. The molecule has 144 valence electrons. The summed E-state index contributed by atoms with van der Waals surface area (Å²) in [6.07, 6.45) is 0. The number of amides is 1. The van der Waals surface area contributed by atoms with Crippen molar-refractivity contribution in [3.8, 4) is 0 Å². The van der Waals surface area contributed by atoms with Crippen molar-refractivity contribution in [2.45, 2.75) is 12.2 Å². The molecular weight excluding hydrogens is 396 g/mol. The third kappa shape index (κ3) is 5.83. The molecule has 1 aromatic heterocycles. The van der Waals surface area contributed by atoms with Gasteiger partial charge in [-0.2, -0.15) is 15.0 Å². The molecule has 0 aliphatic carbocycles. The zero-order valence-corrected chi connectivity index (χ0v) is 16.7. The van der Waals surface area contributed by atoms with Crippen molar-refractivity contribution < 1.29 is 4.79 Å². The van der Waals surface area contributed by atoms with E-state index in [4.69, 9.17) is 17.3 Å². The van der Waals surface area contributed by atoms with E-state index in [1.165, 1.54) is 11.8 Å². The molecular formula is C19H19ClN6OS. The fraction of sp³-hybridized carbons (Fsp3) is 0.158. The molecule has 2 aromatic carbocycles. The first-order chi connectivity index (χ1) is 13.5. The van der Waals surface area contributed by atoms with Crippen molar-refractivity contribution in [2.24, 2.45) is 0 Å². The van der Waals surface area contributed by atoms with Gasteiger partial charge in [0.1, 0.15) is 5.82 Å². The Morgan fingerprint density at radius 1 is 1.11 bits per heavy atom. The third-order valence-electron chi connectivity index (χ3n) is 3.64. The van der Waals surface area contributed by atoms with Crippen molar-refractivity contribution in [1.82, 2.24) is 15.0 Å². The number of para-hydroxylation sites is 1. The summed E-state index contributed by atoms with van der Waals surface area (Å²) in [6, 6.07) is 16.5. The van der Waals surface area contributed by atoms with Crippen LogP contribution in [0.3, 0.4) is 0 Å². The molecule has 4 N–H and O–H groups in total. The summed E-state index contributed by atoms with van der Waals surface area (Å²) in [7, 11) is 0. The molecule has 0 bridgehead atoms. The largest absolute Gasteiger partial charge is 0.368 e. The van der Waals surface area contributed by atoms with Gasteiger partial charge in [-0.05, 0) is 37.3 Å². The zero-order chi connectivity index (χ0) is 19.9. The monoisotopic (exact) mass is 414 g/mol. The number of carbonyl (C=O) groups excluding carboxylic acids is 1. The Labute approximate surface area is 172 Å². The van der Waals surface area contributed by atoms with Crippen molar-refractivity contribution >= 4 is 52.5 Å². The second kappa shape index (κ2) is 9.38. The predicted molar refractivity (Wildman–Crippen MR) is 115 cm³/mol. The van der Waals surface area contributed by atoms with Crippen LogP contribution in [-0.4, -0.2) is 26.6 Å². The summed E-state index contributed by atoms with van der Waals surface area (Å²) >= 11 is 7.33. The predicted octanol–water partition coefficient (Wildman–Crippen LogP) is 4.28. The van der Waals surface area contributed by atoms with Crippen LogP contribution in [0.1, 0.15) is 18.0 Å². The van der Waals surface area contributed by atoms with Gasteiger partial charge in [0.05, 0.1) is 11.0 Å². The highest BCUT2D eigenvalue weighted by Crippen LogP contribution is 2.27. The summed E-state index contributed by atoms with van der Waals surface area (Å²) < 4.78 is 0. The number of carbonyl (C=O) groups is 1. The summed E-state index contributed by atoms with van der Waals surface area (Å²) in [5.41, 5.74) is 7.32. The number of hydrogen-bond acceptors (Lipinski definition) is 7. The van der Waals surface area contributed by atoms with E-state index in [0.29, 0.717) is 22.5 Å². The third-order valence-corrected chi connectivity index (χ3v) is 5.01. The van der Waals surface area contributed by atoms with Crippen molar-refractivity contribution in [1.29, 1.82) is 0 Å². The standard InChI is InChI=1S/C19H19ClN6OS/c1-12(28-11-16(27)22-15-9-5-6-13(20)10-15)17-24-18(21)26-19(25-17)23-14-7-3-2-4-8-14/h2-10,12H,11H2,1H3,(H,22,27)(H3,21,23,24,25,26). The number of rotatable bonds is 7. The maximum Gasteiger partial charge on any atom is 0.234 e. The second-order valence-electron chi connectivity index (χ2n) is 5.88. The number of anilines is 4. The number of hydrogen-bond donors (Lipinski definition) is 3. The Morgan fingerprint density at radius 3 is 2.61 bits per heavy atom. The maximum absolute atomic E-state index is 12.2. The number of aromatic nitrogens is 3. The fourth-order valence-corrected chi connectivity index (χ4v) is 3.25. The second-order valence-corrected chi connectivity index (χ2v) is 7.64. The molecule has 0 saturated carbocycles. The molecule has 1 atom stereocenters. The number of nitrogens with zero attached hydrogens (tertiary/aromatic N) is 3. The summed E-state index contributed by atoms with van der Waals surface area (Å²) in [4.78, 5) is 24.9. The van der Waals surface area contributed by atoms with Crippen LogP contribution in [0.25, 0.3) is 0 Å². The van der Waals surface area contributed by atoms with Crippen LogP contribution < -0.4 is 16.4 Å². The first-order valence-corrected chi connectivity index (χ1v) is 9.93. The Morgan fingerprint density at radius 2 is 1.86 bits per heavy atom. The minimum Gasteiger partial charge on any atom is -0.368 e. The highest BCUT2D eigenvalue weighted by molar-refractivity contribution is 8.00. The van der Waals surface area contributed by atoms with E-state index in [1.54, 1.807) is 24.3 Å². The quantitative estimate of drug-likeness (QED) is 0.529. The van der Waals surface area contributed by atoms with E-state index in [-0.39, 0.29) is 22.9 Å².